The monoisotopic (exact) mass is 342 g/mol. The minimum atomic E-state index is -0.127. The smallest absolute Gasteiger partial charge is 0.203 e. The lowest BCUT2D eigenvalue weighted by atomic mass is 9.93. The summed E-state index contributed by atoms with van der Waals surface area (Å²) in [7, 11) is 0. The molecule has 0 amide bonds. The molecule has 4 rings (SSSR count). The van der Waals surface area contributed by atoms with E-state index in [1.807, 2.05) is 53.9 Å². The van der Waals surface area contributed by atoms with Gasteiger partial charge in [-0.15, -0.1) is 11.3 Å². The van der Waals surface area contributed by atoms with Crippen molar-refractivity contribution in [1.82, 2.24) is 0 Å². The van der Waals surface area contributed by atoms with Gasteiger partial charge in [-0.3, -0.25) is 9.59 Å². The number of thiophene rings is 1. The summed E-state index contributed by atoms with van der Waals surface area (Å²) in [6.07, 6.45) is 0. The zero-order valence-corrected chi connectivity index (χ0v) is 14.1. The van der Waals surface area contributed by atoms with Gasteiger partial charge in [-0.05, 0) is 22.2 Å². The van der Waals surface area contributed by atoms with Crippen molar-refractivity contribution >= 4 is 33.7 Å². The molecule has 0 aliphatic heterocycles. The molecule has 3 heteroatoms. The Morgan fingerprint density at radius 2 is 1.24 bits per heavy atom. The van der Waals surface area contributed by atoms with E-state index >= 15 is 0 Å². The number of benzene rings is 3. The molecule has 0 fully saturated rings. The van der Waals surface area contributed by atoms with Crippen LogP contribution in [0.25, 0.3) is 10.8 Å². The van der Waals surface area contributed by atoms with Crippen molar-refractivity contribution in [2.75, 3.05) is 0 Å². The van der Waals surface area contributed by atoms with Gasteiger partial charge in [0.25, 0.3) is 0 Å². The number of carbonyl (C=O) groups excluding carboxylic acids is 2. The summed E-state index contributed by atoms with van der Waals surface area (Å²) in [5.41, 5.74) is 1.50. The van der Waals surface area contributed by atoms with Crippen LogP contribution < -0.4 is 0 Å². The van der Waals surface area contributed by atoms with Gasteiger partial charge in [0.05, 0.1) is 4.88 Å². The molecule has 0 saturated heterocycles. The first kappa shape index (κ1) is 15.5. The molecule has 0 aliphatic carbocycles. The summed E-state index contributed by atoms with van der Waals surface area (Å²) >= 11 is 1.38. The minimum absolute atomic E-state index is 0.112. The topological polar surface area (TPSA) is 34.1 Å². The fourth-order valence-electron chi connectivity index (χ4n) is 2.99. The van der Waals surface area contributed by atoms with E-state index in [-0.39, 0.29) is 11.6 Å². The van der Waals surface area contributed by atoms with Crippen LogP contribution in [0.3, 0.4) is 0 Å². The van der Waals surface area contributed by atoms with Gasteiger partial charge in [-0.2, -0.15) is 0 Å². The fourth-order valence-corrected chi connectivity index (χ4v) is 3.67. The predicted octanol–water partition coefficient (Wildman–Crippen LogP) is 5.36. The minimum Gasteiger partial charge on any atom is -0.289 e. The Bertz CT molecular complexity index is 1070. The second-order valence-corrected chi connectivity index (χ2v) is 6.66. The molecule has 0 atom stereocenters. The molecule has 1 heterocycles. The number of fused-ring (bicyclic) bond motifs is 1. The molecule has 25 heavy (non-hydrogen) atoms. The Kier molecular flexibility index (Phi) is 4.00. The highest BCUT2D eigenvalue weighted by Crippen LogP contribution is 2.25. The Hall–Kier alpha value is -3.04. The molecule has 4 aromatic rings. The average Bonchev–Trinajstić information content (AvgIpc) is 3.21. The van der Waals surface area contributed by atoms with Crippen LogP contribution in [0.1, 0.15) is 31.2 Å². The number of carbonyl (C=O) groups is 2. The number of hydrogen-bond donors (Lipinski definition) is 0. The zero-order chi connectivity index (χ0) is 17.2. The highest BCUT2D eigenvalue weighted by Gasteiger charge is 2.20. The summed E-state index contributed by atoms with van der Waals surface area (Å²) in [4.78, 5) is 26.6. The van der Waals surface area contributed by atoms with E-state index in [1.165, 1.54) is 11.3 Å². The Morgan fingerprint density at radius 3 is 2.00 bits per heavy atom. The molecular weight excluding hydrogens is 328 g/mol. The largest absolute Gasteiger partial charge is 0.289 e. The Labute approximate surface area is 149 Å². The third-order valence-corrected chi connectivity index (χ3v) is 5.06. The fraction of sp³-hybridized carbons (Fsp3) is 0. The van der Waals surface area contributed by atoms with E-state index in [0.717, 1.165) is 10.8 Å². The van der Waals surface area contributed by atoms with Crippen LogP contribution >= 0.6 is 11.3 Å². The van der Waals surface area contributed by atoms with Gasteiger partial charge in [0.1, 0.15) is 0 Å². The molecule has 2 nitrogen and oxygen atoms in total. The van der Waals surface area contributed by atoms with Gasteiger partial charge in [-0.25, -0.2) is 0 Å². The lowest BCUT2D eigenvalue weighted by Crippen LogP contribution is -2.10. The third kappa shape index (κ3) is 2.79. The molecule has 3 aromatic carbocycles. The maximum atomic E-state index is 13.2. The van der Waals surface area contributed by atoms with Crippen molar-refractivity contribution in [2.24, 2.45) is 0 Å². The Morgan fingerprint density at radius 1 is 0.600 bits per heavy atom. The molecule has 0 radical (unpaired) electrons. The van der Waals surface area contributed by atoms with Crippen LogP contribution in [0.5, 0.6) is 0 Å². The first-order valence-corrected chi connectivity index (χ1v) is 8.83. The predicted molar refractivity (Wildman–Crippen MR) is 102 cm³/mol. The second kappa shape index (κ2) is 6.46. The zero-order valence-electron chi connectivity index (χ0n) is 13.3. The quantitative estimate of drug-likeness (QED) is 0.468. The van der Waals surface area contributed by atoms with Crippen molar-refractivity contribution in [2.45, 2.75) is 0 Å². The van der Waals surface area contributed by atoms with Crippen LogP contribution in [-0.2, 0) is 0 Å². The van der Waals surface area contributed by atoms with Crippen LogP contribution in [0.4, 0.5) is 0 Å². The second-order valence-electron chi connectivity index (χ2n) is 5.71. The molecule has 0 bridgehead atoms. The lowest BCUT2D eigenvalue weighted by Gasteiger charge is -2.09. The summed E-state index contributed by atoms with van der Waals surface area (Å²) < 4.78 is 0. The number of ketones is 2. The standard InChI is InChI=1S/C22H14O2S/c23-21(17-12-5-8-15-7-1-2-9-16(15)17)18-10-3-4-11-19(18)22(24)20-13-6-14-25-20/h1-14H. The third-order valence-electron chi connectivity index (χ3n) is 4.20. The van der Waals surface area contributed by atoms with Crippen LogP contribution in [0.15, 0.2) is 84.2 Å². The van der Waals surface area contributed by atoms with Crippen molar-refractivity contribution in [3.8, 4) is 0 Å². The summed E-state index contributed by atoms with van der Waals surface area (Å²) in [6, 6.07) is 24.1. The summed E-state index contributed by atoms with van der Waals surface area (Å²) in [5.74, 6) is -0.239. The number of hydrogen-bond acceptors (Lipinski definition) is 3. The lowest BCUT2D eigenvalue weighted by molar-refractivity contribution is 0.101. The first-order chi connectivity index (χ1) is 12.3. The molecular formula is C22H14O2S. The summed E-state index contributed by atoms with van der Waals surface area (Å²) in [5, 5.41) is 3.77. The molecule has 0 unspecified atom stereocenters. The maximum absolute atomic E-state index is 13.2. The van der Waals surface area contributed by atoms with E-state index in [9.17, 15) is 9.59 Å². The average molecular weight is 342 g/mol. The van der Waals surface area contributed by atoms with Gasteiger partial charge in [0.2, 0.25) is 5.78 Å². The van der Waals surface area contributed by atoms with Gasteiger partial charge in [-0.1, -0.05) is 72.8 Å². The van der Waals surface area contributed by atoms with E-state index in [1.54, 1.807) is 30.3 Å². The first-order valence-electron chi connectivity index (χ1n) is 7.95. The van der Waals surface area contributed by atoms with Crippen LogP contribution in [-0.4, -0.2) is 11.6 Å². The highest BCUT2D eigenvalue weighted by atomic mass is 32.1. The van der Waals surface area contributed by atoms with E-state index in [0.29, 0.717) is 21.6 Å². The van der Waals surface area contributed by atoms with E-state index < -0.39 is 0 Å². The molecule has 1 aromatic heterocycles. The van der Waals surface area contributed by atoms with Crippen molar-refractivity contribution < 1.29 is 9.59 Å². The van der Waals surface area contributed by atoms with Crippen LogP contribution in [0.2, 0.25) is 0 Å². The van der Waals surface area contributed by atoms with E-state index in [2.05, 4.69) is 0 Å². The van der Waals surface area contributed by atoms with Crippen molar-refractivity contribution in [3.63, 3.8) is 0 Å². The molecule has 0 spiro atoms. The van der Waals surface area contributed by atoms with Crippen molar-refractivity contribution in [3.05, 3.63) is 106 Å². The normalized spacial score (nSPS) is 10.7. The molecule has 0 saturated carbocycles. The molecule has 0 aliphatic rings. The highest BCUT2D eigenvalue weighted by molar-refractivity contribution is 7.12. The maximum Gasteiger partial charge on any atom is 0.203 e. The number of rotatable bonds is 4. The summed E-state index contributed by atoms with van der Waals surface area (Å²) in [6.45, 7) is 0. The molecule has 120 valence electrons. The van der Waals surface area contributed by atoms with Gasteiger partial charge < -0.3 is 0 Å². The van der Waals surface area contributed by atoms with Gasteiger partial charge >= 0.3 is 0 Å². The SMILES string of the molecule is O=C(c1cccs1)c1ccccc1C(=O)c1cccc2ccccc12. The van der Waals surface area contributed by atoms with Crippen molar-refractivity contribution in [1.29, 1.82) is 0 Å². The van der Waals surface area contributed by atoms with Gasteiger partial charge in [0, 0.05) is 16.7 Å². The molecule has 0 N–H and O–H groups in total. The van der Waals surface area contributed by atoms with Gasteiger partial charge in [0.15, 0.2) is 5.78 Å². The van der Waals surface area contributed by atoms with Crippen LogP contribution in [0, 0.1) is 0 Å². The van der Waals surface area contributed by atoms with E-state index in [4.69, 9.17) is 0 Å². The Balaban J connectivity index is 1.85.